The Morgan fingerprint density at radius 3 is 2.59 bits per heavy atom. The molecule has 1 heterocycles. The number of quaternary nitrogens is 1. The second-order valence-corrected chi connectivity index (χ2v) is 6.78. The predicted octanol–water partition coefficient (Wildman–Crippen LogP) is 0.898. The first-order valence-electron chi connectivity index (χ1n) is 9.39. The molecule has 0 radical (unpaired) electrons. The minimum Gasteiger partial charge on any atom is -0.495 e. The number of ether oxygens (including phenoxy) is 1. The van der Waals surface area contributed by atoms with Gasteiger partial charge >= 0.3 is 0 Å². The van der Waals surface area contributed by atoms with Crippen LogP contribution >= 0.6 is 0 Å². The fourth-order valence-electron chi connectivity index (χ4n) is 3.46. The molecule has 1 fully saturated rings. The van der Waals surface area contributed by atoms with Crippen LogP contribution in [0.3, 0.4) is 0 Å². The van der Waals surface area contributed by atoms with Gasteiger partial charge in [-0.15, -0.1) is 0 Å². The summed E-state index contributed by atoms with van der Waals surface area (Å²) in [6, 6.07) is 14.7. The van der Waals surface area contributed by atoms with Crippen molar-refractivity contribution in [2.24, 2.45) is 0 Å². The zero-order chi connectivity index (χ0) is 19.1. The number of nitrogens with one attached hydrogen (secondary N) is 2. The highest BCUT2D eigenvalue weighted by atomic mass is 19.1. The Kier molecular flexibility index (Phi) is 6.65. The van der Waals surface area contributed by atoms with Crippen molar-refractivity contribution in [3.05, 3.63) is 59.9 Å². The van der Waals surface area contributed by atoms with Gasteiger partial charge in [0.15, 0.2) is 6.54 Å². The molecule has 2 aromatic carbocycles. The van der Waals surface area contributed by atoms with Crippen LogP contribution in [0.2, 0.25) is 0 Å². The average Bonchev–Trinajstić information content (AvgIpc) is 2.70. The number of hydrogen-bond acceptors (Lipinski definition) is 3. The molecule has 0 atom stereocenters. The first-order chi connectivity index (χ1) is 13.2. The van der Waals surface area contributed by atoms with E-state index in [0.29, 0.717) is 25.1 Å². The van der Waals surface area contributed by atoms with Crippen molar-refractivity contribution in [1.29, 1.82) is 0 Å². The van der Waals surface area contributed by atoms with E-state index in [1.54, 1.807) is 19.2 Å². The summed E-state index contributed by atoms with van der Waals surface area (Å²) in [5.74, 6) is 0.684. The quantitative estimate of drug-likeness (QED) is 0.759. The Hall–Kier alpha value is -2.60. The molecule has 0 unspecified atom stereocenters. The molecular weight excluding hydrogens is 345 g/mol. The van der Waals surface area contributed by atoms with E-state index < -0.39 is 0 Å². The fourth-order valence-corrected chi connectivity index (χ4v) is 3.46. The maximum atomic E-state index is 13.6. The third-order valence-corrected chi connectivity index (χ3v) is 4.98. The molecule has 2 aromatic rings. The number of benzene rings is 2. The molecular formula is C21H27FN3O2+. The molecule has 0 saturated carbocycles. The van der Waals surface area contributed by atoms with E-state index in [1.165, 1.54) is 11.0 Å². The van der Waals surface area contributed by atoms with Crippen molar-refractivity contribution < 1.29 is 18.8 Å². The Labute approximate surface area is 159 Å². The molecule has 27 heavy (non-hydrogen) atoms. The average molecular weight is 372 g/mol. The van der Waals surface area contributed by atoms with Crippen LogP contribution < -0.4 is 19.9 Å². The fraction of sp³-hybridized carbons (Fsp3) is 0.381. The van der Waals surface area contributed by atoms with Crippen molar-refractivity contribution in [1.82, 2.24) is 5.32 Å². The Morgan fingerprint density at radius 1 is 1.15 bits per heavy atom. The summed E-state index contributed by atoms with van der Waals surface area (Å²) in [6.45, 7) is 4.49. The van der Waals surface area contributed by atoms with Gasteiger partial charge in [0.25, 0.3) is 5.91 Å². The summed E-state index contributed by atoms with van der Waals surface area (Å²) in [5.41, 5.74) is 1.74. The molecule has 0 bridgehead atoms. The van der Waals surface area contributed by atoms with E-state index in [9.17, 15) is 9.18 Å². The number of carbonyl (C=O) groups is 1. The molecule has 144 valence electrons. The first-order valence-corrected chi connectivity index (χ1v) is 9.39. The normalized spacial score (nSPS) is 14.8. The number of para-hydroxylation sites is 2. The van der Waals surface area contributed by atoms with Gasteiger partial charge in [0.1, 0.15) is 11.6 Å². The molecule has 3 rings (SSSR count). The molecule has 1 saturated heterocycles. The van der Waals surface area contributed by atoms with Gasteiger partial charge < -0.3 is 19.9 Å². The number of rotatable bonds is 7. The number of carbonyl (C=O) groups excluding carboxylic acids is 1. The number of nitrogens with zero attached hydrogens (tertiary/aromatic N) is 1. The molecule has 1 aliphatic heterocycles. The number of piperazine rings is 1. The van der Waals surface area contributed by atoms with Gasteiger partial charge in [-0.25, -0.2) is 4.39 Å². The van der Waals surface area contributed by atoms with Crippen LogP contribution in [0.4, 0.5) is 10.1 Å². The van der Waals surface area contributed by atoms with Gasteiger partial charge in [0.2, 0.25) is 0 Å². The largest absolute Gasteiger partial charge is 0.495 e. The standard InChI is InChI=1S/C21H26FN3O2/c1-27-20-9-5-4-8-19(20)25-14-12-24(13-15-25)16-21(26)23-11-10-17-6-2-3-7-18(17)22/h2-9H,10-16H2,1H3,(H,23,26)/p+1. The third kappa shape index (κ3) is 5.20. The smallest absolute Gasteiger partial charge is 0.275 e. The summed E-state index contributed by atoms with van der Waals surface area (Å²) in [6.07, 6.45) is 0.509. The SMILES string of the molecule is COc1ccccc1N1CC[NH+](CC(=O)NCCc2ccccc2F)CC1. The van der Waals surface area contributed by atoms with Crippen molar-refractivity contribution in [3.8, 4) is 5.75 Å². The van der Waals surface area contributed by atoms with Crippen LogP contribution in [0.1, 0.15) is 5.56 Å². The highest BCUT2D eigenvalue weighted by Crippen LogP contribution is 2.27. The molecule has 1 aliphatic rings. The van der Waals surface area contributed by atoms with Gasteiger partial charge in [0, 0.05) is 6.54 Å². The lowest BCUT2D eigenvalue weighted by Crippen LogP contribution is -3.16. The maximum absolute atomic E-state index is 13.6. The predicted molar refractivity (Wildman–Crippen MR) is 104 cm³/mol. The number of methoxy groups -OCH3 is 1. The molecule has 0 spiro atoms. The van der Waals surface area contributed by atoms with E-state index in [4.69, 9.17) is 4.74 Å². The number of anilines is 1. The summed E-state index contributed by atoms with van der Waals surface area (Å²) in [5, 5.41) is 2.91. The molecule has 0 aromatic heterocycles. The minimum atomic E-state index is -0.218. The van der Waals surface area contributed by atoms with E-state index >= 15 is 0 Å². The number of amides is 1. The third-order valence-electron chi connectivity index (χ3n) is 4.98. The summed E-state index contributed by atoms with van der Waals surface area (Å²) < 4.78 is 19.0. The number of hydrogen-bond donors (Lipinski definition) is 2. The van der Waals surface area contributed by atoms with Gasteiger partial charge in [-0.05, 0) is 30.2 Å². The molecule has 0 aliphatic carbocycles. The van der Waals surface area contributed by atoms with Crippen LogP contribution in [0.5, 0.6) is 5.75 Å². The van der Waals surface area contributed by atoms with E-state index in [2.05, 4.69) is 16.3 Å². The van der Waals surface area contributed by atoms with Crippen LogP contribution in [-0.4, -0.2) is 52.3 Å². The lowest BCUT2D eigenvalue weighted by molar-refractivity contribution is -0.892. The monoisotopic (exact) mass is 372 g/mol. The van der Waals surface area contributed by atoms with Crippen LogP contribution in [0, 0.1) is 5.82 Å². The Morgan fingerprint density at radius 2 is 1.85 bits per heavy atom. The van der Waals surface area contributed by atoms with Gasteiger partial charge in [-0.1, -0.05) is 30.3 Å². The van der Waals surface area contributed by atoms with Gasteiger partial charge in [-0.3, -0.25) is 4.79 Å². The molecule has 5 nitrogen and oxygen atoms in total. The zero-order valence-corrected chi connectivity index (χ0v) is 15.7. The summed E-state index contributed by atoms with van der Waals surface area (Å²) in [4.78, 5) is 15.8. The van der Waals surface area contributed by atoms with Gasteiger partial charge in [0.05, 0.1) is 39.0 Å². The summed E-state index contributed by atoms with van der Waals surface area (Å²) in [7, 11) is 1.69. The van der Waals surface area contributed by atoms with Crippen LogP contribution in [0.15, 0.2) is 48.5 Å². The summed E-state index contributed by atoms with van der Waals surface area (Å²) >= 11 is 0. The highest BCUT2D eigenvalue weighted by Gasteiger charge is 2.23. The highest BCUT2D eigenvalue weighted by molar-refractivity contribution is 5.76. The van der Waals surface area contributed by atoms with Crippen molar-refractivity contribution in [3.63, 3.8) is 0 Å². The van der Waals surface area contributed by atoms with Gasteiger partial charge in [-0.2, -0.15) is 0 Å². The topological polar surface area (TPSA) is 46.0 Å². The van der Waals surface area contributed by atoms with Crippen molar-refractivity contribution >= 4 is 11.6 Å². The Balaban J connectivity index is 1.41. The lowest BCUT2D eigenvalue weighted by atomic mass is 10.1. The Bertz CT molecular complexity index is 761. The second-order valence-electron chi connectivity index (χ2n) is 6.78. The van der Waals surface area contributed by atoms with E-state index in [-0.39, 0.29) is 11.7 Å². The van der Waals surface area contributed by atoms with Crippen molar-refractivity contribution in [2.75, 3.05) is 51.3 Å². The van der Waals surface area contributed by atoms with E-state index in [1.807, 2.05) is 24.3 Å². The van der Waals surface area contributed by atoms with Crippen LogP contribution in [-0.2, 0) is 11.2 Å². The molecule has 6 heteroatoms. The van der Waals surface area contributed by atoms with Crippen molar-refractivity contribution in [2.45, 2.75) is 6.42 Å². The minimum absolute atomic E-state index is 0.0204. The molecule has 1 amide bonds. The maximum Gasteiger partial charge on any atom is 0.275 e. The zero-order valence-electron chi connectivity index (χ0n) is 15.7. The second kappa shape index (κ2) is 9.37. The first kappa shape index (κ1) is 19.2. The molecule has 2 N–H and O–H groups in total. The van der Waals surface area contributed by atoms with E-state index in [0.717, 1.165) is 37.6 Å². The van der Waals surface area contributed by atoms with Crippen LogP contribution in [0.25, 0.3) is 0 Å². The lowest BCUT2D eigenvalue weighted by Gasteiger charge is -2.34. The number of halogens is 1.